The van der Waals surface area contributed by atoms with Gasteiger partial charge in [0.25, 0.3) is 0 Å². The number of hydrogen-bond acceptors (Lipinski definition) is 4. The van der Waals surface area contributed by atoms with E-state index in [1.165, 1.54) is 28.6 Å². The molecule has 0 bridgehead atoms. The average molecular weight is 344 g/mol. The van der Waals surface area contributed by atoms with Crippen molar-refractivity contribution in [1.82, 2.24) is 9.62 Å². The summed E-state index contributed by atoms with van der Waals surface area (Å²) in [6.45, 7) is 2.72. The molecule has 0 unspecified atom stereocenters. The lowest BCUT2D eigenvalue weighted by Crippen LogP contribution is -2.46. The van der Waals surface area contributed by atoms with Crippen molar-refractivity contribution in [3.8, 4) is 0 Å². The van der Waals surface area contributed by atoms with Gasteiger partial charge >= 0.3 is 6.09 Å². The van der Waals surface area contributed by atoms with Gasteiger partial charge in [0.15, 0.2) is 0 Å². The summed E-state index contributed by atoms with van der Waals surface area (Å²) in [5.74, 6) is -0.541. The van der Waals surface area contributed by atoms with Crippen molar-refractivity contribution in [3.63, 3.8) is 0 Å². The zero-order valence-corrected chi connectivity index (χ0v) is 13.8. The van der Waals surface area contributed by atoms with Crippen molar-refractivity contribution >= 4 is 16.1 Å². The molecule has 0 aromatic heterocycles. The molecule has 1 heterocycles. The molecule has 2 rings (SSSR count). The first-order chi connectivity index (χ1) is 10.9. The molecule has 0 spiro atoms. The quantitative estimate of drug-likeness (QED) is 0.885. The Bertz CT molecular complexity index is 625. The summed E-state index contributed by atoms with van der Waals surface area (Å²) in [7, 11) is -3.44. The van der Waals surface area contributed by atoms with E-state index in [-0.39, 0.29) is 11.8 Å². The third-order valence-electron chi connectivity index (χ3n) is 3.71. The van der Waals surface area contributed by atoms with Crippen LogP contribution < -0.4 is 5.32 Å². The van der Waals surface area contributed by atoms with Crippen molar-refractivity contribution in [3.05, 3.63) is 35.6 Å². The molecule has 1 aromatic rings. The van der Waals surface area contributed by atoms with E-state index < -0.39 is 21.9 Å². The number of ether oxygens (including phenoxy) is 1. The Labute approximate surface area is 135 Å². The Morgan fingerprint density at radius 2 is 1.91 bits per heavy atom. The minimum atomic E-state index is -3.44. The summed E-state index contributed by atoms with van der Waals surface area (Å²) in [4.78, 5) is 11.4. The van der Waals surface area contributed by atoms with E-state index in [1.54, 1.807) is 6.92 Å². The molecule has 1 aliphatic heterocycles. The molecule has 6 nitrogen and oxygen atoms in total. The number of sulfonamides is 1. The number of amides is 1. The topological polar surface area (TPSA) is 75.7 Å². The van der Waals surface area contributed by atoms with E-state index >= 15 is 0 Å². The fourth-order valence-electron chi connectivity index (χ4n) is 2.50. The molecule has 1 amide bonds. The Morgan fingerprint density at radius 3 is 2.48 bits per heavy atom. The first-order valence-corrected chi connectivity index (χ1v) is 9.17. The highest BCUT2D eigenvalue weighted by molar-refractivity contribution is 7.88. The van der Waals surface area contributed by atoms with Gasteiger partial charge in [-0.05, 0) is 37.5 Å². The Hall–Kier alpha value is -1.67. The van der Waals surface area contributed by atoms with Crippen LogP contribution >= 0.6 is 0 Å². The molecule has 128 valence electrons. The van der Waals surface area contributed by atoms with E-state index in [9.17, 15) is 17.6 Å². The van der Waals surface area contributed by atoms with Crippen LogP contribution in [0.25, 0.3) is 0 Å². The minimum absolute atomic E-state index is 0.0775. The maximum atomic E-state index is 12.9. The second kappa shape index (κ2) is 7.74. The predicted octanol–water partition coefficient (Wildman–Crippen LogP) is 1.87. The Morgan fingerprint density at radius 1 is 1.30 bits per heavy atom. The van der Waals surface area contributed by atoms with Crippen LogP contribution in [-0.4, -0.2) is 44.6 Å². The standard InChI is InChI=1S/C15H21FN2O4S/c1-2-22-15(19)17-14-7-9-18(10-8-14)23(20,21)11-12-3-5-13(16)6-4-12/h3-6,14H,2,7-11H2,1H3,(H,17,19). The van der Waals surface area contributed by atoms with Crippen LogP contribution in [0.15, 0.2) is 24.3 Å². The maximum Gasteiger partial charge on any atom is 0.407 e. The number of nitrogens with one attached hydrogen (secondary N) is 1. The average Bonchev–Trinajstić information content (AvgIpc) is 2.50. The van der Waals surface area contributed by atoms with Gasteiger partial charge in [-0.15, -0.1) is 0 Å². The Balaban J connectivity index is 1.88. The lowest BCUT2D eigenvalue weighted by atomic mass is 10.1. The van der Waals surface area contributed by atoms with E-state index in [2.05, 4.69) is 5.32 Å². The van der Waals surface area contributed by atoms with Gasteiger partial charge < -0.3 is 10.1 Å². The number of piperidine rings is 1. The zero-order valence-electron chi connectivity index (χ0n) is 13.0. The van der Waals surface area contributed by atoms with Crippen LogP contribution in [0.4, 0.5) is 9.18 Å². The van der Waals surface area contributed by atoms with Crippen LogP contribution in [0.2, 0.25) is 0 Å². The lowest BCUT2D eigenvalue weighted by Gasteiger charge is -2.31. The van der Waals surface area contributed by atoms with Gasteiger partial charge in [-0.25, -0.2) is 21.9 Å². The van der Waals surface area contributed by atoms with Crippen molar-refractivity contribution in [2.75, 3.05) is 19.7 Å². The fraction of sp³-hybridized carbons (Fsp3) is 0.533. The number of nitrogens with zero attached hydrogens (tertiary/aromatic N) is 1. The molecule has 0 aliphatic carbocycles. The predicted molar refractivity (Wildman–Crippen MR) is 83.8 cm³/mol. The molecule has 23 heavy (non-hydrogen) atoms. The highest BCUT2D eigenvalue weighted by Crippen LogP contribution is 2.18. The molecule has 1 N–H and O–H groups in total. The zero-order chi connectivity index (χ0) is 16.9. The molecule has 0 saturated carbocycles. The van der Waals surface area contributed by atoms with Crippen molar-refractivity contribution in [2.45, 2.75) is 31.6 Å². The number of halogens is 1. The van der Waals surface area contributed by atoms with Crippen molar-refractivity contribution in [1.29, 1.82) is 0 Å². The van der Waals surface area contributed by atoms with Crippen LogP contribution in [0, 0.1) is 5.82 Å². The van der Waals surface area contributed by atoms with Crippen molar-refractivity contribution in [2.24, 2.45) is 0 Å². The fourth-order valence-corrected chi connectivity index (χ4v) is 4.06. The summed E-state index contributed by atoms with van der Waals surface area (Å²) in [6.07, 6.45) is 0.614. The monoisotopic (exact) mass is 344 g/mol. The third kappa shape index (κ3) is 5.18. The van der Waals surface area contributed by atoms with Gasteiger partial charge in [-0.2, -0.15) is 0 Å². The molecule has 0 radical (unpaired) electrons. The third-order valence-corrected chi connectivity index (χ3v) is 5.56. The number of carbonyl (C=O) groups excluding carboxylic acids is 1. The largest absolute Gasteiger partial charge is 0.450 e. The normalized spacial score (nSPS) is 17.0. The molecular weight excluding hydrogens is 323 g/mol. The number of alkyl carbamates (subject to hydrolysis) is 1. The smallest absolute Gasteiger partial charge is 0.407 e. The van der Waals surface area contributed by atoms with Crippen LogP contribution in [-0.2, 0) is 20.5 Å². The van der Waals surface area contributed by atoms with E-state index in [1.807, 2.05) is 0 Å². The number of carbonyl (C=O) groups is 1. The highest BCUT2D eigenvalue weighted by Gasteiger charge is 2.28. The van der Waals surface area contributed by atoms with Gasteiger partial charge in [0.05, 0.1) is 12.4 Å². The Kier molecular flexibility index (Phi) is 5.95. The first kappa shape index (κ1) is 17.7. The number of hydrogen-bond donors (Lipinski definition) is 1. The van der Waals surface area contributed by atoms with Gasteiger partial charge in [0.2, 0.25) is 10.0 Å². The van der Waals surface area contributed by atoms with Gasteiger partial charge in [0, 0.05) is 19.1 Å². The highest BCUT2D eigenvalue weighted by atomic mass is 32.2. The maximum absolute atomic E-state index is 12.9. The van der Waals surface area contributed by atoms with Crippen LogP contribution in [0.5, 0.6) is 0 Å². The second-order valence-electron chi connectivity index (χ2n) is 5.42. The van der Waals surface area contributed by atoms with E-state index in [0.717, 1.165) is 0 Å². The summed E-state index contributed by atoms with van der Waals surface area (Å²) in [6, 6.07) is 5.37. The molecule has 1 aliphatic rings. The molecule has 1 saturated heterocycles. The van der Waals surface area contributed by atoms with E-state index in [4.69, 9.17) is 4.74 Å². The molecule has 1 aromatic carbocycles. The second-order valence-corrected chi connectivity index (χ2v) is 7.39. The van der Waals surface area contributed by atoms with Crippen molar-refractivity contribution < 1.29 is 22.3 Å². The van der Waals surface area contributed by atoms with Gasteiger partial charge in [-0.3, -0.25) is 0 Å². The van der Waals surface area contributed by atoms with E-state index in [0.29, 0.717) is 38.1 Å². The SMILES string of the molecule is CCOC(=O)NC1CCN(S(=O)(=O)Cc2ccc(F)cc2)CC1. The molecular formula is C15H21FN2O4S. The minimum Gasteiger partial charge on any atom is -0.450 e. The summed E-state index contributed by atoms with van der Waals surface area (Å²) in [5, 5.41) is 2.72. The first-order valence-electron chi connectivity index (χ1n) is 7.56. The summed E-state index contributed by atoms with van der Waals surface area (Å²) < 4.78 is 43.9. The lowest BCUT2D eigenvalue weighted by molar-refractivity contribution is 0.143. The summed E-state index contributed by atoms with van der Waals surface area (Å²) >= 11 is 0. The van der Waals surface area contributed by atoms with Gasteiger partial charge in [0.1, 0.15) is 5.82 Å². The number of benzene rings is 1. The molecule has 8 heteroatoms. The number of rotatable bonds is 5. The van der Waals surface area contributed by atoms with Gasteiger partial charge in [-0.1, -0.05) is 12.1 Å². The molecule has 1 fully saturated rings. The van der Waals surface area contributed by atoms with Crippen LogP contribution in [0.1, 0.15) is 25.3 Å². The van der Waals surface area contributed by atoms with Crippen LogP contribution in [0.3, 0.4) is 0 Å². The summed E-state index contributed by atoms with van der Waals surface area (Å²) in [5.41, 5.74) is 0.554. The molecule has 0 atom stereocenters.